The fourth-order valence-corrected chi connectivity index (χ4v) is 3.73. The minimum atomic E-state index is -0.796. The maximum Gasteiger partial charge on any atom is 0.344 e. The highest BCUT2D eigenvalue weighted by Gasteiger charge is 2.43. The van der Waals surface area contributed by atoms with Crippen LogP contribution in [-0.2, 0) is 23.9 Å². The summed E-state index contributed by atoms with van der Waals surface area (Å²) in [6.07, 6.45) is 5.12. The number of esters is 1. The summed E-state index contributed by atoms with van der Waals surface area (Å²) in [6, 6.07) is -0.915. The molecule has 3 aliphatic rings. The molecule has 0 aliphatic carbocycles. The lowest BCUT2D eigenvalue weighted by molar-refractivity contribution is -0.205. The molecular formula is C17H25N3O6. The summed E-state index contributed by atoms with van der Waals surface area (Å²) in [7, 11) is 2.91. The number of urea groups is 1. The van der Waals surface area contributed by atoms with Crippen LogP contribution in [0.25, 0.3) is 0 Å². The van der Waals surface area contributed by atoms with E-state index in [4.69, 9.17) is 14.3 Å². The van der Waals surface area contributed by atoms with Crippen molar-refractivity contribution in [2.75, 3.05) is 33.9 Å². The fraction of sp³-hybridized carbons (Fsp3) is 0.706. The first-order valence-electron chi connectivity index (χ1n) is 8.86. The minimum absolute atomic E-state index is 0.0247. The number of carbonyl (C=O) groups is 3. The Bertz CT molecular complexity index is 595. The number of nitrogens with zero attached hydrogens (tertiary/aromatic N) is 3. The van der Waals surface area contributed by atoms with E-state index < -0.39 is 18.2 Å². The van der Waals surface area contributed by atoms with Crippen molar-refractivity contribution >= 4 is 17.9 Å². The third-order valence-corrected chi connectivity index (χ3v) is 5.01. The second-order valence-corrected chi connectivity index (χ2v) is 6.59. The van der Waals surface area contributed by atoms with E-state index in [1.807, 2.05) is 0 Å². The Morgan fingerprint density at radius 1 is 1.31 bits per heavy atom. The monoisotopic (exact) mass is 367 g/mol. The Morgan fingerprint density at radius 3 is 2.85 bits per heavy atom. The van der Waals surface area contributed by atoms with Crippen molar-refractivity contribution in [2.45, 2.75) is 44.0 Å². The van der Waals surface area contributed by atoms with E-state index in [1.165, 1.54) is 17.1 Å². The molecule has 144 valence electrons. The highest BCUT2D eigenvalue weighted by atomic mass is 16.7. The number of likely N-dealkylation sites (tertiary alicyclic amines) is 2. The number of ether oxygens (including phenoxy) is 2. The van der Waals surface area contributed by atoms with Gasteiger partial charge in [0, 0.05) is 20.1 Å². The molecule has 3 amide bonds. The Morgan fingerprint density at radius 2 is 2.12 bits per heavy atom. The molecule has 0 radical (unpaired) electrons. The Kier molecular flexibility index (Phi) is 5.77. The van der Waals surface area contributed by atoms with Gasteiger partial charge in [-0.05, 0) is 25.3 Å². The fourth-order valence-electron chi connectivity index (χ4n) is 3.73. The van der Waals surface area contributed by atoms with Crippen LogP contribution in [0.1, 0.15) is 25.7 Å². The van der Waals surface area contributed by atoms with Gasteiger partial charge in [-0.15, -0.1) is 0 Å². The van der Waals surface area contributed by atoms with Gasteiger partial charge >= 0.3 is 12.0 Å². The number of rotatable bonds is 4. The van der Waals surface area contributed by atoms with Gasteiger partial charge in [-0.1, -0.05) is 6.08 Å². The van der Waals surface area contributed by atoms with Crippen molar-refractivity contribution in [3.63, 3.8) is 0 Å². The average Bonchev–Trinajstić information content (AvgIpc) is 3.27. The third-order valence-electron chi connectivity index (χ3n) is 5.01. The molecule has 3 rings (SSSR count). The lowest BCUT2D eigenvalue weighted by atomic mass is 10.2. The molecule has 0 spiro atoms. The van der Waals surface area contributed by atoms with Crippen LogP contribution >= 0.6 is 0 Å². The molecule has 0 saturated carbocycles. The topological polar surface area (TPSA) is 88.6 Å². The van der Waals surface area contributed by atoms with Crippen LogP contribution in [0.4, 0.5) is 4.79 Å². The maximum atomic E-state index is 12.8. The molecule has 0 aromatic heterocycles. The summed E-state index contributed by atoms with van der Waals surface area (Å²) in [5.74, 6) is -0.668. The number of carbonyl (C=O) groups excluding carboxylic acids is 3. The van der Waals surface area contributed by atoms with Crippen LogP contribution in [0.15, 0.2) is 12.2 Å². The summed E-state index contributed by atoms with van der Waals surface area (Å²) in [6.45, 7) is 1.42. The van der Waals surface area contributed by atoms with Crippen LogP contribution in [0.3, 0.4) is 0 Å². The van der Waals surface area contributed by atoms with Gasteiger partial charge in [-0.25, -0.2) is 14.4 Å². The first kappa shape index (κ1) is 18.7. The van der Waals surface area contributed by atoms with Crippen LogP contribution in [0.5, 0.6) is 0 Å². The van der Waals surface area contributed by atoms with Crippen molar-refractivity contribution in [1.82, 2.24) is 14.9 Å². The first-order chi connectivity index (χ1) is 12.6. The Hall–Kier alpha value is -2.13. The first-order valence-corrected chi connectivity index (χ1v) is 8.86. The highest BCUT2D eigenvalue weighted by molar-refractivity contribution is 5.88. The van der Waals surface area contributed by atoms with E-state index in [0.717, 1.165) is 12.8 Å². The van der Waals surface area contributed by atoms with Gasteiger partial charge in [0.05, 0.1) is 26.3 Å². The standard InChI is InChI=1S/C17H25N3O6/c1-24-11-12-5-3-9-18(12)17(23)19-10-4-6-15(26-19)20-13(16(22)25-2)7-8-14(20)21/h4,6,12-13,15H,3,5,7-11H2,1-2H3/t12-,13-,15?/m0/s1. The molecule has 2 fully saturated rings. The second kappa shape index (κ2) is 8.05. The van der Waals surface area contributed by atoms with E-state index in [2.05, 4.69) is 0 Å². The number of amides is 3. The summed E-state index contributed by atoms with van der Waals surface area (Å²) in [5, 5.41) is 1.25. The Balaban J connectivity index is 1.70. The van der Waals surface area contributed by atoms with Crippen LogP contribution < -0.4 is 0 Å². The highest BCUT2D eigenvalue weighted by Crippen LogP contribution is 2.27. The molecule has 9 nitrogen and oxygen atoms in total. The quantitative estimate of drug-likeness (QED) is 0.531. The zero-order chi connectivity index (χ0) is 18.7. The van der Waals surface area contributed by atoms with Gasteiger partial charge in [0.2, 0.25) is 5.91 Å². The van der Waals surface area contributed by atoms with Crippen molar-refractivity contribution in [1.29, 1.82) is 0 Å². The van der Waals surface area contributed by atoms with E-state index >= 15 is 0 Å². The van der Waals surface area contributed by atoms with Crippen molar-refractivity contribution in [3.05, 3.63) is 12.2 Å². The summed E-state index contributed by atoms with van der Waals surface area (Å²) in [5.41, 5.74) is 0. The zero-order valence-electron chi connectivity index (χ0n) is 15.1. The maximum absolute atomic E-state index is 12.8. The van der Waals surface area contributed by atoms with Gasteiger partial charge in [-0.2, -0.15) is 5.06 Å². The van der Waals surface area contributed by atoms with Crippen molar-refractivity contribution in [3.8, 4) is 0 Å². The molecule has 1 unspecified atom stereocenters. The zero-order valence-corrected chi connectivity index (χ0v) is 15.1. The lowest BCUT2D eigenvalue weighted by Crippen LogP contribution is -2.54. The molecule has 0 N–H and O–H groups in total. The third kappa shape index (κ3) is 3.54. The van der Waals surface area contributed by atoms with Gasteiger partial charge in [0.1, 0.15) is 6.04 Å². The molecule has 0 bridgehead atoms. The molecule has 0 aromatic carbocycles. The molecular weight excluding hydrogens is 342 g/mol. The summed E-state index contributed by atoms with van der Waals surface area (Å²) in [4.78, 5) is 45.9. The van der Waals surface area contributed by atoms with Crippen LogP contribution in [0.2, 0.25) is 0 Å². The smallest absolute Gasteiger partial charge is 0.344 e. The minimum Gasteiger partial charge on any atom is -0.467 e. The number of hydrogen-bond acceptors (Lipinski definition) is 6. The van der Waals surface area contributed by atoms with Gasteiger partial charge in [-0.3, -0.25) is 9.69 Å². The number of methoxy groups -OCH3 is 2. The van der Waals surface area contributed by atoms with Gasteiger partial charge < -0.3 is 14.4 Å². The summed E-state index contributed by atoms with van der Waals surface area (Å²) >= 11 is 0. The van der Waals surface area contributed by atoms with E-state index in [1.54, 1.807) is 24.2 Å². The van der Waals surface area contributed by atoms with E-state index in [0.29, 0.717) is 19.6 Å². The molecule has 2 saturated heterocycles. The average molecular weight is 367 g/mol. The predicted molar refractivity (Wildman–Crippen MR) is 89.6 cm³/mol. The largest absolute Gasteiger partial charge is 0.467 e. The van der Waals surface area contributed by atoms with Gasteiger partial charge in [0.15, 0.2) is 6.23 Å². The second-order valence-electron chi connectivity index (χ2n) is 6.59. The molecule has 26 heavy (non-hydrogen) atoms. The SMILES string of the molecule is COC[C@@H]1CCCN1C(=O)N1CC=CC(N2C(=O)CC[C@H]2C(=O)OC)O1. The van der Waals surface area contributed by atoms with Crippen molar-refractivity contribution < 1.29 is 28.7 Å². The van der Waals surface area contributed by atoms with E-state index in [9.17, 15) is 14.4 Å². The lowest BCUT2D eigenvalue weighted by Gasteiger charge is -2.37. The normalized spacial score (nSPS) is 28.8. The Labute approximate surface area is 152 Å². The molecule has 0 aromatic rings. The number of hydroxylamine groups is 2. The predicted octanol–water partition coefficient (Wildman–Crippen LogP) is 0.511. The molecule has 3 atom stereocenters. The summed E-state index contributed by atoms with van der Waals surface area (Å²) < 4.78 is 9.98. The number of hydrogen-bond donors (Lipinski definition) is 0. The van der Waals surface area contributed by atoms with E-state index in [-0.39, 0.29) is 30.9 Å². The van der Waals surface area contributed by atoms with Crippen LogP contribution in [-0.4, -0.2) is 85.0 Å². The molecule has 3 heterocycles. The van der Waals surface area contributed by atoms with Crippen molar-refractivity contribution in [2.24, 2.45) is 0 Å². The molecule has 9 heteroatoms. The molecule has 3 aliphatic heterocycles. The van der Waals surface area contributed by atoms with Crippen LogP contribution in [0, 0.1) is 0 Å². The van der Waals surface area contributed by atoms with Gasteiger partial charge in [0.25, 0.3) is 0 Å².